The maximum absolute atomic E-state index is 13.1. The molecule has 0 saturated heterocycles. The molecule has 406 valence electrons. The van der Waals surface area contributed by atoms with Crippen LogP contribution in [0.25, 0.3) is 173 Å². The van der Waals surface area contributed by atoms with Crippen LogP contribution < -0.4 is 0 Å². The number of benzene rings is 13. The average Bonchev–Trinajstić information content (AvgIpc) is 1.48. The van der Waals surface area contributed by atoms with Crippen LogP contribution in [0.1, 0.15) is 11.1 Å². The van der Waals surface area contributed by atoms with Crippen molar-refractivity contribution in [2.24, 2.45) is 0 Å². The summed E-state index contributed by atoms with van der Waals surface area (Å²) < 4.78 is 14.0. The van der Waals surface area contributed by atoms with Crippen LogP contribution in [0.5, 0.6) is 0 Å². The van der Waals surface area contributed by atoms with Gasteiger partial charge in [0.25, 0.3) is 0 Å². The molecule has 0 fully saturated rings. The van der Waals surface area contributed by atoms with E-state index in [4.69, 9.17) is 0 Å². The third kappa shape index (κ3) is 6.62. The molecule has 6 heterocycles. The summed E-state index contributed by atoms with van der Waals surface area (Å²) in [5.74, 6) is 0. The predicted molar refractivity (Wildman–Crippen MR) is 370 cm³/mol. The third-order valence-corrected chi connectivity index (χ3v) is 20.8. The molecule has 0 aliphatic rings. The minimum absolute atomic E-state index is 0.367. The first-order valence-corrected chi connectivity index (χ1v) is 31.2. The van der Waals surface area contributed by atoms with Gasteiger partial charge in [-0.2, -0.15) is 10.5 Å². The first-order valence-electron chi connectivity index (χ1n) is 29.5. The van der Waals surface area contributed by atoms with Crippen molar-refractivity contribution in [2.75, 3.05) is 0 Å². The molecule has 0 bridgehead atoms. The lowest BCUT2D eigenvalue weighted by molar-refractivity contribution is 1.02. The second-order valence-corrected chi connectivity index (χ2v) is 25.0. The maximum atomic E-state index is 13.1. The fraction of sp³-hybridized carbons (Fsp3) is 0. The number of hydrogen-bond acceptors (Lipinski definition) is 4. The van der Waals surface area contributed by atoms with E-state index in [1.54, 1.807) is 22.7 Å². The van der Waals surface area contributed by atoms with Gasteiger partial charge in [0.05, 0.1) is 76.3 Å². The molecular weight excluding hydrogens is 1110 g/mol. The summed E-state index contributed by atoms with van der Waals surface area (Å²) in [6.07, 6.45) is 0. The van der Waals surface area contributed by atoms with Gasteiger partial charge < -0.3 is 18.3 Å². The summed E-state index contributed by atoms with van der Waals surface area (Å²) in [5.41, 5.74) is 15.2. The van der Waals surface area contributed by atoms with Crippen LogP contribution in [-0.4, -0.2) is 18.3 Å². The Morgan fingerprint density at radius 3 is 0.966 bits per heavy atom. The molecular formula is C80H44N6S2. The smallest absolute Gasteiger partial charge is 0.104 e. The van der Waals surface area contributed by atoms with Gasteiger partial charge >= 0.3 is 0 Å². The molecule has 0 unspecified atom stereocenters. The number of fused-ring (bicyclic) bond motifs is 20. The first-order chi connectivity index (χ1) is 43.6. The molecule has 0 N–H and O–H groups in total. The SMILES string of the molecule is N#Cc1c(-n2c3ccccc3c3ccccc32)c(-n2c3ccc(-c4ccccc4)cc3c3ccc4c5ccccc5sc4c32)c(-n2c3ccccc3c3ccccc32)c(C#N)c1-n1c2ccc(-c3ccccc3)cc2c2ccc3c4ccccc4sc3c21. The van der Waals surface area contributed by atoms with Gasteiger partial charge in [0.1, 0.15) is 23.3 Å². The fourth-order valence-electron chi connectivity index (χ4n) is 14.8. The molecule has 19 aromatic rings. The standard InChI is InChI=1S/C80H44N6S2/c81-45-63-73(85-69-41-35-49(47-19-3-1-4-20-47)43-61(69)57-37-39-59-55-27-11-17-33-71(55)87-79(59)76(57)85)64(46-82)75(84-67-31-15-9-25-53(67)54-26-10-16-32-68(54)84)78(74(63)83-65-29-13-7-23-51(65)52-24-8-14-30-66(52)83)86-70-42-36-50(48-21-5-2-6-22-48)44-62(70)58-38-40-60-56-28-12-18-34-72(56)88-80(60)77(58)86/h1-44H. The van der Waals surface area contributed by atoms with E-state index in [0.717, 1.165) is 140 Å². The number of aromatic nitrogens is 4. The number of rotatable bonds is 6. The summed E-state index contributed by atoms with van der Waals surface area (Å²) in [6.45, 7) is 0. The largest absolute Gasteiger partial charge is 0.306 e. The van der Waals surface area contributed by atoms with Crippen LogP contribution in [-0.2, 0) is 0 Å². The molecule has 0 amide bonds. The van der Waals surface area contributed by atoms with Gasteiger partial charge in [-0.15, -0.1) is 22.7 Å². The second-order valence-electron chi connectivity index (χ2n) is 22.8. The Hall–Kier alpha value is -11.5. The van der Waals surface area contributed by atoms with E-state index in [9.17, 15) is 10.5 Å². The maximum Gasteiger partial charge on any atom is 0.104 e. The van der Waals surface area contributed by atoms with Crippen LogP contribution >= 0.6 is 22.7 Å². The van der Waals surface area contributed by atoms with E-state index in [-0.39, 0.29) is 0 Å². The number of hydrogen-bond donors (Lipinski definition) is 0. The van der Waals surface area contributed by atoms with Crippen molar-refractivity contribution in [1.29, 1.82) is 10.5 Å². The summed E-state index contributed by atoms with van der Waals surface area (Å²) in [6, 6.07) is 102. The van der Waals surface area contributed by atoms with E-state index in [1.165, 1.54) is 10.1 Å². The Balaban J connectivity index is 1.12. The highest BCUT2D eigenvalue weighted by atomic mass is 32.1. The molecule has 8 heteroatoms. The summed E-state index contributed by atoms with van der Waals surface area (Å²) >= 11 is 3.55. The molecule has 0 spiro atoms. The zero-order chi connectivity index (χ0) is 57.9. The van der Waals surface area contributed by atoms with Crippen molar-refractivity contribution in [3.05, 3.63) is 278 Å². The molecule has 13 aromatic carbocycles. The Labute approximate surface area is 510 Å². The molecule has 0 saturated carbocycles. The van der Waals surface area contributed by atoms with Gasteiger partial charge in [-0.05, 0) is 82.9 Å². The average molecular weight is 1150 g/mol. The Morgan fingerprint density at radius 1 is 0.239 bits per heavy atom. The number of thiophene rings is 2. The van der Waals surface area contributed by atoms with Crippen molar-refractivity contribution in [3.63, 3.8) is 0 Å². The van der Waals surface area contributed by atoms with E-state index in [1.807, 2.05) is 0 Å². The van der Waals surface area contributed by atoms with Crippen molar-refractivity contribution < 1.29 is 0 Å². The van der Waals surface area contributed by atoms with Crippen LogP contribution in [0.2, 0.25) is 0 Å². The van der Waals surface area contributed by atoms with Gasteiger partial charge in [-0.3, -0.25) is 0 Å². The van der Waals surface area contributed by atoms with E-state index < -0.39 is 0 Å². The number of para-hydroxylation sites is 4. The quantitative estimate of drug-likeness (QED) is 0.166. The van der Waals surface area contributed by atoms with Crippen LogP contribution in [0.4, 0.5) is 0 Å². The van der Waals surface area contributed by atoms with Crippen molar-refractivity contribution in [3.8, 4) is 57.1 Å². The molecule has 0 aliphatic carbocycles. The normalized spacial score (nSPS) is 12.1. The molecule has 6 nitrogen and oxygen atoms in total. The molecule has 0 radical (unpaired) electrons. The summed E-state index contributed by atoms with van der Waals surface area (Å²) in [4.78, 5) is 0. The van der Waals surface area contributed by atoms with Crippen LogP contribution in [0.15, 0.2) is 267 Å². The lowest BCUT2D eigenvalue weighted by Crippen LogP contribution is -2.17. The van der Waals surface area contributed by atoms with E-state index in [0.29, 0.717) is 33.9 Å². The monoisotopic (exact) mass is 1150 g/mol. The molecule has 0 aliphatic heterocycles. The predicted octanol–water partition coefficient (Wildman–Crippen LogP) is 21.9. The van der Waals surface area contributed by atoms with Gasteiger partial charge in [0.2, 0.25) is 0 Å². The van der Waals surface area contributed by atoms with Crippen LogP contribution in [0.3, 0.4) is 0 Å². The van der Waals surface area contributed by atoms with Crippen LogP contribution in [0, 0.1) is 22.7 Å². The Kier molecular flexibility index (Phi) is 10.3. The van der Waals surface area contributed by atoms with Crippen molar-refractivity contribution >= 4 is 150 Å². The topological polar surface area (TPSA) is 67.3 Å². The summed E-state index contributed by atoms with van der Waals surface area (Å²) in [7, 11) is 0. The number of nitrogens with zero attached hydrogens (tertiary/aromatic N) is 6. The third-order valence-electron chi connectivity index (χ3n) is 18.4. The van der Waals surface area contributed by atoms with Gasteiger partial charge in [0.15, 0.2) is 0 Å². The summed E-state index contributed by atoms with van der Waals surface area (Å²) in [5, 5.41) is 39.1. The highest BCUT2D eigenvalue weighted by Gasteiger charge is 2.36. The van der Waals surface area contributed by atoms with Crippen molar-refractivity contribution in [2.45, 2.75) is 0 Å². The fourth-order valence-corrected chi connectivity index (χ4v) is 17.2. The Bertz CT molecular complexity index is 6070. The van der Waals surface area contributed by atoms with E-state index >= 15 is 0 Å². The van der Waals surface area contributed by atoms with Gasteiger partial charge in [0, 0.05) is 74.0 Å². The minimum atomic E-state index is 0.367. The van der Waals surface area contributed by atoms with Gasteiger partial charge in [-0.25, -0.2) is 0 Å². The number of nitriles is 2. The zero-order valence-corrected chi connectivity index (χ0v) is 48.5. The first kappa shape index (κ1) is 48.8. The molecule has 19 rings (SSSR count). The Morgan fingerprint density at radius 2 is 0.568 bits per heavy atom. The van der Waals surface area contributed by atoms with Gasteiger partial charge in [-0.1, -0.05) is 206 Å². The van der Waals surface area contributed by atoms with Crippen molar-refractivity contribution in [1.82, 2.24) is 18.3 Å². The lowest BCUT2D eigenvalue weighted by Gasteiger charge is -2.27. The lowest BCUT2D eigenvalue weighted by atomic mass is 9.98. The molecule has 6 aromatic heterocycles. The van der Waals surface area contributed by atoms with E-state index in [2.05, 4.69) is 297 Å². The zero-order valence-electron chi connectivity index (χ0n) is 46.9. The highest BCUT2D eigenvalue weighted by Crippen LogP contribution is 2.53. The minimum Gasteiger partial charge on any atom is -0.306 e. The molecule has 88 heavy (non-hydrogen) atoms. The molecule has 0 atom stereocenters. The second kappa shape index (κ2) is 18.5. The highest BCUT2D eigenvalue weighted by molar-refractivity contribution is 7.27.